The molecule has 8 heteroatoms. The van der Waals surface area contributed by atoms with Crippen molar-refractivity contribution in [1.29, 1.82) is 0 Å². The summed E-state index contributed by atoms with van der Waals surface area (Å²) in [6.45, 7) is 0.612. The average Bonchev–Trinajstić information content (AvgIpc) is 3.40. The molecule has 1 unspecified atom stereocenters. The molecule has 0 saturated carbocycles. The van der Waals surface area contributed by atoms with Crippen LogP contribution in [0.25, 0.3) is 11.3 Å². The Morgan fingerprint density at radius 1 is 1.26 bits per heavy atom. The fourth-order valence-electron chi connectivity index (χ4n) is 3.36. The number of thiophene rings is 1. The van der Waals surface area contributed by atoms with Crippen molar-refractivity contribution >= 4 is 23.2 Å². The topological polar surface area (TPSA) is 92.1 Å². The van der Waals surface area contributed by atoms with Crippen LogP contribution in [0.3, 0.4) is 0 Å². The number of likely N-dealkylation sites (tertiary alicyclic amines) is 1. The number of primary amides is 1. The highest BCUT2D eigenvalue weighted by molar-refractivity contribution is 7.14. The maximum atomic E-state index is 14.0. The first kappa shape index (κ1) is 17.4. The van der Waals surface area contributed by atoms with E-state index in [1.54, 1.807) is 35.2 Å². The highest BCUT2D eigenvalue weighted by atomic mass is 32.1. The maximum absolute atomic E-state index is 14.0. The molecule has 3 heterocycles. The Labute approximate surface area is 158 Å². The molecule has 0 spiro atoms. The second kappa shape index (κ2) is 6.96. The van der Waals surface area contributed by atoms with Crippen molar-refractivity contribution in [1.82, 2.24) is 15.1 Å². The van der Waals surface area contributed by atoms with E-state index in [1.807, 2.05) is 6.07 Å². The number of hydrogen-bond acceptors (Lipinski definition) is 4. The molecule has 3 N–H and O–H groups in total. The minimum Gasteiger partial charge on any atom is -0.365 e. The molecule has 2 amide bonds. The molecule has 4 rings (SSSR count). The number of H-pyrrole nitrogens is 1. The van der Waals surface area contributed by atoms with Crippen LogP contribution in [0.15, 0.2) is 42.5 Å². The predicted molar refractivity (Wildman–Crippen MR) is 99.8 cm³/mol. The second-order valence-electron chi connectivity index (χ2n) is 6.37. The first-order valence-corrected chi connectivity index (χ1v) is 9.37. The summed E-state index contributed by atoms with van der Waals surface area (Å²) in [5.74, 6) is -1.05. The zero-order chi connectivity index (χ0) is 19.0. The minimum atomic E-state index is -0.467. The van der Waals surface area contributed by atoms with Crippen LogP contribution in [-0.2, 0) is 0 Å². The summed E-state index contributed by atoms with van der Waals surface area (Å²) in [7, 11) is 0. The number of halogens is 1. The van der Waals surface area contributed by atoms with E-state index in [0.717, 1.165) is 17.7 Å². The Hall–Kier alpha value is -3.00. The summed E-state index contributed by atoms with van der Waals surface area (Å²) < 4.78 is 14.0. The Kier molecular flexibility index (Phi) is 4.49. The van der Waals surface area contributed by atoms with Crippen molar-refractivity contribution in [2.45, 2.75) is 18.9 Å². The van der Waals surface area contributed by atoms with E-state index >= 15 is 0 Å². The van der Waals surface area contributed by atoms with Crippen LogP contribution in [0.2, 0.25) is 0 Å². The lowest BCUT2D eigenvalue weighted by Gasteiger charge is -2.23. The van der Waals surface area contributed by atoms with Gasteiger partial charge < -0.3 is 10.6 Å². The van der Waals surface area contributed by atoms with Gasteiger partial charge in [0, 0.05) is 17.0 Å². The van der Waals surface area contributed by atoms with Gasteiger partial charge in [0.2, 0.25) is 0 Å². The first-order valence-electron chi connectivity index (χ1n) is 8.55. The standard InChI is InChI=1S/C19H17FN4O2S/c20-12-5-2-1-4-11(12)13-10-14(23-22-13)19(26)24-9-3-6-15(24)16-7-8-17(27-16)18(21)25/h1-2,4-5,7-8,10,15H,3,6,9H2,(H2,21,25)(H,22,23). The molecular formula is C19H17FN4O2S. The maximum Gasteiger partial charge on any atom is 0.272 e. The Bertz CT molecular complexity index is 1010. The first-order chi connectivity index (χ1) is 13.0. The molecule has 1 atom stereocenters. The lowest BCUT2D eigenvalue weighted by molar-refractivity contribution is 0.0731. The fraction of sp³-hybridized carbons (Fsp3) is 0.211. The van der Waals surface area contributed by atoms with Crippen molar-refractivity contribution in [3.8, 4) is 11.3 Å². The summed E-state index contributed by atoms with van der Waals surface area (Å²) in [5, 5.41) is 6.82. The van der Waals surface area contributed by atoms with Crippen LogP contribution in [0.4, 0.5) is 4.39 Å². The molecule has 138 valence electrons. The largest absolute Gasteiger partial charge is 0.365 e. The Morgan fingerprint density at radius 2 is 2.07 bits per heavy atom. The molecule has 2 aromatic heterocycles. The molecule has 1 fully saturated rings. The van der Waals surface area contributed by atoms with Crippen LogP contribution in [0.5, 0.6) is 0 Å². The van der Waals surface area contributed by atoms with Crippen LogP contribution in [-0.4, -0.2) is 33.5 Å². The predicted octanol–water partition coefficient (Wildman–Crippen LogP) is 3.35. The molecule has 6 nitrogen and oxygen atoms in total. The number of hydrogen-bond donors (Lipinski definition) is 2. The summed E-state index contributed by atoms with van der Waals surface area (Å²) in [4.78, 5) is 27.5. The van der Waals surface area contributed by atoms with Gasteiger partial charge in [0.25, 0.3) is 11.8 Å². The van der Waals surface area contributed by atoms with Crippen LogP contribution in [0, 0.1) is 5.82 Å². The van der Waals surface area contributed by atoms with Gasteiger partial charge in [-0.25, -0.2) is 4.39 Å². The summed E-state index contributed by atoms with van der Waals surface area (Å²) in [6.07, 6.45) is 1.69. The molecule has 27 heavy (non-hydrogen) atoms. The summed E-state index contributed by atoms with van der Waals surface area (Å²) in [5.41, 5.74) is 6.37. The van der Waals surface area contributed by atoms with Gasteiger partial charge in [-0.15, -0.1) is 11.3 Å². The van der Waals surface area contributed by atoms with Gasteiger partial charge in [0.15, 0.2) is 0 Å². The van der Waals surface area contributed by atoms with E-state index in [2.05, 4.69) is 10.2 Å². The van der Waals surface area contributed by atoms with Gasteiger partial charge in [-0.1, -0.05) is 12.1 Å². The molecule has 1 aliphatic rings. The molecule has 1 aromatic carbocycles. The molecule has 0 bridgehead atoms. The van der Waals surface area contributed by atoms with Crippen LogP contribution in [0.1, 0.15) is 43.9 Å². The van der Waals surface area contributed by atoms with E-state index in [-0.39, 0.29) is 17.8 Å². The smallest absolute Gasteiger partial charge is 0.272 e. The zero-order valence-corrected chi connectivity index (χ0v) is 15.1. The Balaban J connectivity index is 1.58. The second-order valence-corrected chi connectivity index (χ2v) is 7.48. The normalized spacial score (nSPS) is 16.6. The number of amides is 2. The van der Waals surface area contributed by atoms with Gasteiger partial charge in [-0.2, -0.15) is 5.10 Å². The number of carbonyl (C=O) groups is 2. The number of benzene rings is 1. The van der Waals surface area contributed by atoms with Crippen LogP contribution < -0.4 is 5.73 Å². The van der Waals surface area contributed by atoms with Crippen molar-refractivity contribution in [3.05, 3.63) is 63.7 Å². The fourth-order valence-corrected chi connectivity index (χ4v) is 4.37. The third-order valence-electron chi connectivity index (χ3n) is 4.67. The molecule has 0 aliphatic carbocycles. The molecule has 1 saturated heterocycles. The molecule has 3 aromatic rings. The van der Waals surface area contributed by atoms with Crippen molar-refractivity contribution in [2.75, 3.05) is 6.54 Å². The lowest BCUT2D eigenvalue weighted by atomic mass is 10.1. The van der Waals surface area contributed by atoms with Gasteiger partial charge >= 0.3 is 0 Å². The number of aromatic amines is 1. The zero-order valence-electron chi connectivity index (χ0n) is 14.3. The number of rotatable bonds is 4. The van der Waals surface area contributed by atoms with E-state index in [0.29, 0.717) is 28.4 Å². The van der Waals surface area contributed by atoms with Gasteiger partial charge in [0.1, 0.15) is 11.5 Å². The van der Waals surface area contributed by atoms with Gasteiger partial charge in [0.05, 0.1) is 16.6 Å². The van der Waals surface area contributed by atoms with E-state index < -0.39 is 5.91 Å². The van der Waals surface area contributed by atoms with Crippen molar-refractivity contribution < 1.29 is 14.0 Å². The summed E-state index contributed by atoms with van der Waals surface area (Å²) >= 11 is 1.31. The van der Waals surface area contributed by atoms with Crippen LogP contribution >= 0.6 is 11.3 Å². The van der Waals surface area contributed by atoms with Crippen molar-refractivity contribution in [3.63, 3.8) is 0 Å². The SMILES string of the molecule is NC(=O)c1ccc(C2CCCN2C(=O)c2cc(-c3ccccc3F)n[nH]2)s1. The van der Waals surface area contributed by atoms with Crippen molar-refractivity contribution in [2.24, 2.45) is 5.73 Å². The third-order valence-corrected chi connectivity index (χ3v) is 5.87. The average molecular weight is 384 g/mol. The monoisotopic (exact) mass is 384 g/mol. The molecular weight excluding hydrogens is 367 g/mol. The molecule has 1 aliphatic heterocycles. The highest BCUT2D eigenvalue weighted by Crippen LogP contribution is 2.37. The van der Waals surface area contributed by atoms with E-state index in [1.165, 1.54) is 17.4 Å². The van der Waals surface area contributed by atoms with E-state index in [9.17, 15) is 14.0 Å². The quantitative estimate of drug-likeness (QED) is 0.722. The number of aromatic nitrogens is 2. The third kappa shape index (κ3) is 3.23. The van der Waals surface area contributed by atoms with E-state index in [4.69, 9.17) is 5.73 Å². The Morgan fingerprint density at radius 3 is 2.81 bits per heavy atom. The lowest BCUT2D eigenvalue weighted by Crippen LogP contribution is -2.30. The number of carbonyl (C=O) groups excluding carboxylic acids is 2. The number of nitrogens with two attached hydrogens (primary N) is 1. The highest BCUT2D eigenvalue weighted by Gasteiger charge is 2.32. The minimum absolute atomic E-state index is 0.101. The number of nitrogens with one attached hydrogen (secondary N) is 1. The van der Waals surface area contributed by atoms with Gasteiger partial charge in [-0.05, 0) is 43.2 Å². The van der Waals surface area contributed by atoms with Gasteiger partial charge in [-0.3, -0.25) is 14.7 Å². The number of nitrogens with zero attached hydrogens (tertiary/aromatic N) is 2. The summed E-state index contributed by atoms with van der Waals surface area (Å²) in [6, 6.07) is 11.3. The molecule has 0 radical (unpaired) electrons.